The van der Waals surface area contributed by atoms with E-state index in [0.717, 1.165) is 25.0 Å². The summed E-state index contributed by atoms with van der Waals surface area (Å²) in [5.74, 6) is 0. The van der Waals surface area contributed by atoms with E-state index >= 15 is 0 Å². The Labute approximate surface area is 149 Å². The Morgan fingerprint density at radius 2 is 1.24 bits per heavy atom. The number of nitrogens with two attached hydrogens (primary N) is 1. The second-order valence-corrected chi connectivity index (χ2v) is 5.40. The van der Waals surface area contributed by atoms with E-state index < -0.39 is 0 Å². The van der Waals surface area contributed by atoms with Crippen molar-refractivity contribution in [1.29, 1.82) is 0 Å². The highest BCUT2D eigenvalue weighted by atomic mass is 16.6. The normalized spacial score (nSPS) is 12.9. The zero-order chi connectivity index (χ0) is 18.0. The molecule has 25 heavy (non-hydrogen) atoms. The summed E-state index contributed by atoms with van der Waals surface area (Å²) in [5.41, 5.74) is 16.3. The molecule has 0 atom stereocenters. The Balaban J connectivity index is 1.66. The molecule has 9 heteroatoms. The van der Waals surface area contributed by atoms with Crippen LogP contribution in [0, 0.1) is 0 Å². The van der Waals surface area contributed by atoms with E-state index in [-0.39, 0.29) is 0 Å². The highest BCUT2D eigenvalue weighted by molar-refractivity contribution is 5.22. The summed E-state index contributed by atoms with van der Waals surface area (Å²) < 4.78 is 26.8. The van der Waals surface area contributed by atoms with Crippen LogP contribution in [0.3, 0.4) is 0 Å². The van der Waals surface area contributed by atoms with Crippen molar-refractivity contribution in [2.45, 2.75) is 19.3 Å². The maximum absolute atomic E-state index is 8.07. The fraction of sp³-hybridized carbons (Fsp3) is 0.875. The molecule has 0 aromatic heterocycles. The molecule has 9 nitrogen and oxygen atoms in total. The summed E-state index contributed by atoms with van der Waals surface area (Å²) in [6.07, 6.45) is 3.14. The van der Waals surface area contributed by atoms with E-state index in [1.807, 2.05) is 0 Å². The molecule has 0 bridgehead atoms. The van der Waals surface area contributed by atoms with Gasteiger partial charge in [-0.1, -0.05) is 10.7 Å². The average Bonchev–Trinajstić information content (AvgIpc) is 3.45. The number of nitrogens with zero attached hydrogens (tertiary/aromatic N) is 3. The molecule has 0 saturated heterocycles. The van der Waals surface area contributed by atoms with Gasteiger partial charge in [0.2, 0.25) is 0 Å². The fourth-order valence-corrected chi connectivity index (χ4v) is 1.87. The molecule has 0 heterocycles. The van der Waals surface area contributed by atoms with Gasteiger partial charge in [0.25, 0.3) is 0 Å². The molecule has 1 aliphatic rings. The van der Waals surface area contributed by atoms with Crippen LogP contribution in [0.1, 0.15) is 19.3 Å². The summed E-state index contributed by atoms with van der Waals surface area (Å²) in [7, 11) is 0. The van der Waals surface area contributed by atoms with Crippen LogP contribution < -0.4 is 5.73 Å². The topological polar surface area (TPSA) is 121 Å². The minimum absolute atomic E-state index is 0.344. The van der Waals surface area contributed by atoms with Crippen LogP contribution in [0.4, 0.5) is 0 Å². The van der Waals surface area contributed by atoms with Crippen LogP contribution in [-0.2, 0) is 23.7 Å². The molecule has 0 aromatic rings. The van der Waals surface area contributed by atoms with Crippen LogP contribution in [-0.4, -0.2) is 72.6 Å². The highest BCUT2D eigenvalue weighted by Gasteiger charge is 2.14. The maximum atomic E-state index is 8.07. The first-order valence-corrected chi connectivity index (χ1v) is 8.70. The SMILES string of the molecule is [N-]=[N+]=NCCOCCOCCOCCOCCOCCC(N)=C1CC1. The molecule has 1 fully saturated rings. The first kappa shape index (κ1) is 21.7. The number of hydrogen-bond donors (Lipinski definition) is 1. The van der Waals surface area contributed by atoms with Gasteiger partial charge in [0, 0.05) is 23.6 Å². The monoisotopic (exact) mass is 358 g/mol. The molecule has 0 aromatic carbocycles. The van der Waals surface area contributed by atoms with Crippen molar-refractivity contribution >= 4 is 0 Å². The number of rotatable bonds is 18. The Hall–Kier alpha value is -1.35. The van der Waals surface area contributed by atoms with Crippen LogP contribution >= 0.6 is 0 Å². The van der Waals surface area contributed by atoms with E-state index in [4.69, 9.17) is 34.9 Å². The minimum Gasteiger partial charge on any atom is -0.402 e. The Morgan fingerprint density at radius 3 is 1.68 bits per heavy atom. The van der Waals surface area contributed by atoms with Crippen LogP contribution in [0.2, 0.25) is 0 Å². The standard InChI is InChI=1S/C16H30N4O5/c17-16(15-1-2-15)3-5-21-7-9-23-11-13-25-14-12-24-10-8-22-6-4-19-20-18/h1-14,17H2. The summed E-state index contributed by atoms with van der Waals surface area (Å²) in [4.78, 5) is 2.63. The summed E-state index contributed by atoms with van der Waals surface area (Å²) >= 11 is 0. The molecule has 0 aliphatic heterocycles. The molecule has 2 N–H and O–H groups in total. The van der Waals surface area contributed by atoms with E-state index in [2.05, 4.69) is 10.0 Å². The van der Waals surface area contributed by atoms with Crippen molar-refractivity contribution in [1.82, 2.24) is 0 Å². The van der Waals surface area contributed by atoms with Gasteiger partial charge in [-0.15, -0.1) is 0 Å². The first-order valence-electron chi connectivity index (χ1n) is 8.70. The van der Waals surface area contributed by atoms with Gasteiger partial charge in [-0.25, -0.2) is 0 Å². The molecule has 0 unspecified atom stereocenters. The van der Waals surface area contributed by atoms with Crippen molar-refractivity contribution in [2.24, 2.45) is 10.8 Å². The molecule has 144 valence electrons. The number of azide groups is 1. The number of ether oxygens (including phenoxy) is 5. The average molecular weight is 358 g/mol. The van der Waals surface area contributed by atoms with Crippen molar-refractivity contribution in [3.05, 3.63) is 21.7 Å². The van der Waals surface area contributed by atoms with Crippen molar-refractivity contribution in [3.8, 4) is 0 Å². The van der Waals surface area contributed by atoms with Crippen LogP contribution in [0.25, 0.3) is 10.4 Å². The molecule has 0 radical (unpaired) electrons. The van der Waals surface area contributed by atoms with Gasteiger partial charge in [0.05, 0.1) is 66.1 Å². The third kappa shape index (κ3) is 14.7. The summed E-state index contributed by atoms with van der Waals surface area (Å²) in [6, 6.07) is 0. The van der Waals surface area contributed by atoms with Crippen molar-refractivity contribution in [2.75, 3.05) is 72.6 Å². The van der Waals surface area contributed by atoms with E-state index in [9.17, 15) is 0 Å². The predicted molar refractivity (Wildman–Crippen MR) is 93.2 cm³/mol. The van der Waals surface area contributed by atoms with E-state index in [1.54, 1.807) is 0 Å². The quantitative estimate of drug-likeness (QED) is 0.172. The third-order valence-electron chi connectivity index (χ3n) is 3.36. The summed E-state index contributed by atoms with van der Waals surface area (Å²) in [6.45, 7) is 5.63. The van der Waals surface area contributed by atoms with E-state index in [1.165, 1.54) is 5.57 Å². The molecule has 1 saturated carbocycles. The molecular weight excluding hydrogens is 328 g/mol. The fourth-order valence-electron chi connectivity index (χ4n) is 1.87. The molecule has 1 rings (SSSR count). The zero-order valence-corrected chi connectivity index (χ0v) is 14.9. The van der Waals surface area contributed by atoms with Crippen LogP contribution in [0.15, 0.2) is 16.4 Å². The van der Waals surface area contributed by atoms with Gasteiger partial charge in [0.15, 0.2) is 0 Å². The van der Waals surface area contributed by atoms with Crippen LogP contribution in [0.5, 0.6) is 0 Å². The molecule has 0 amide bonds. The molecular formula is C16H30N4O5. The third-order valence-corrected chi connectivity index (χ3v) is 3.36. The zero-order valence-electron chi connectivity index (χ0n) is 14.9. The second-order valence-electron chi connectivity index (χ2n) is 5.40. The second kappa shape index (κ2) is 16.1. The smallest absolute Gasteiger partial charge is 0.0701 e. The Kier molecular flexibility index (Phi) is 14.0. The molecule has 0 spiro atoms. The van der Waals surface area contributed by atoms with Crippen molar-refractivity contribution < 1.29 is 23.7 Å². The van der Waals surface area contributed by atoms with E-state index in [0.29, 0.717) is 72.6 Å². The molecule has 1 aliphatic carbocycles. The van der Waals surface area contributed by atoms with Gasteiger partial charge in [-0.05, 0) is 18.4 Å². The largest absolute Gasteiger partial charge is 0.402 e. The lowest BCUT2D eigenvalue weighted by Crippen LogP contribution is -2.14. The number of hydrogen-bond acceptors (Lipinski definition) is 7. The minimum atomic E-state index is 0.344. The van der Waals surface area contributed by atoms with Gasteiger partial charge in [-0.2, -0.15) is 0 Å². The number of allylic oxidation sites excluding steroid dienone is 1. The first-order chi connectivity index (χ1) is 12.3. The van der Waals surface area contributed by atoms with Gasteiger partial charge >= 0.3 is 0 Å². The van der Waals surface area contributed by atoms with Crippen molar-refractivity contribution in [3.63, 3.8) is 0 Å². The van der Waals surface area contributed by atoms with Gasteiger partial charge in [-0.3, -0.25) is 0 Å². The summed E-state index contributed by atoms with van der Waals surface area (Å²) in [5, 5.41) is 3.36. The predicted octanol–water partition coefficient (Wildman–Crippen LogP) is 1.78. The lowest BCUT2D eigenvalue weighted by Gasteiger charge is -2.08. The Bertz CT molecular complexity index is 407. The highest BCUT2D eigenvalue weighted by Crippen LogP contribution is 2.30. The van der Waals surface area contributed by atoms with Gasteiger partial charge in [0.1, 0.15) is 0 Å². The maximum Gasteiger partial charge on any atom is 0.0701 e. The lowest BCUT2D eigenvalue weighted by atomic mass is 10.3. The van der Waals surface area contributed by atoms with Gasteiger partial charge < -0.3 is 29.4 Å². The Morgan fingerprint density at radius 1 is 0.800 bits per heavy atom. The lowest BCUT2D eigenvalue weighted by molar-refractivity contribution is -0.0103.